The van der Waals surface area contributed by atoms with E-state index in [1.807, 2.05) is 27.1 Å². The van der Waals surface area contributed by atoms with Crippen LogP contribution in [0, 0.1) is 6.92 Å². The standard InChI is InChI=1S/C29H38N6O2S/c1-21-5-6-22(7-8-30-4)24(17-21)27-31-25-18-23(19-33-9-11-35(12-10-33)29(2,3)20-36)38-26(25)28(32-27)34-13-15-37-16-14-34/h5-8,17-18,20,30H,9-16,19H2,1-4H3/b8-7-. The number of morpholine rings is 1. The maximum atomic E-state index is 11.5. The second-order valence-corrected chi connectivity index (χ2v) is 11.8. The molecule has 202 valence electrons. The summed E-state index contributed by atoms with van der Waals surface area (Å²) in [6.45, 7) is 13.8. The first-order valence-corrected chi connectivity index (χ1v) is 14.2. The van der Waals surface area contributed by atoms with Gasteiger partial charge < -0.3 is 19.7 Å². The Hall–Kier alpha value is -2.85. The monoisotopic (exact) mass is 534 g/mol. The lowest BCUT2D eigenvalue weighted by Crippen LogP contribution is -2.55. The fourth-order valence-corrected chi connectivity index (χ4v) is 6.27. The predicted molar refractivity (Wildman–Crippen MR) is 156 cm³/mol. The number of piperazine rings is 1. The smallest absolute Gasteiger partial charge is 0.162 e. The Bertz CT molecular complexity index is 1310. The molecule has 1 N–H and O–H groups in total. The minimum absolute atomic E-state index is 0.403. The number of aromatic nitrogens is 2. The lowest BCUT2D eigenvalue weighted by Gasteiger charge is -2.41. The quantitative estimate of drug-likeness (QED) is 0.438. The zero-order chi connectivity index (χ0) is 26.7. The van der Waals surface area contributed by atoms with Gasteiger partial charge in [0.05, 0.1) is 29.0 Å². The van der Waals surface area contributed by atoms with Gasteiger partial charge in [0.2, 0.25) is 0 Å². The third kappa shape index (κ3) is 5.76. The van der Waals surface area contributed by atoms with Crippen LogP contribution in [0.2, 0.25) is 0 Å². The van der Waals surface area contributed by atoms with E-state index in [1.54, 1.807) is 11.3 Å². The number of nitrogens with zero attached hydrogens (tertiary/aromatic N) is 5. The minimum Gasteiger partial charge on any atom is -0.394 e. The van der Waals surface area contributed by atoms with E-state index >= 15 is 0 Å². The molecule has 4 heterocycles. The second kappa shape index (κ2) is 11.5. The van der Waals surface area contributed by atoms with Gasteiger partial charge in [0.25, 0.3) is 0 Å². The second-order valence-electron chi connectivity index (χ2n) is 10.6. The summed E-state index contributed by atoms with van der Waals surface area (Å²) in [5.41, 5.74) is 3.90. The highest BCUT2D eigenvalue weighted by atomic mass is 32.1. The van der Waals surface area contributed by atoms with Crippen molar-refractivity contribution in [2.75, 3.05) is 64.4 Å². The van der Waals surface area contributed by atoms with Crippen LogP contribution in [0.3, 0.4) is 0 Å². The number of rotatable bonds is 8. The molecule has 5 rings (SSSR count). The van der Waals surface area contributed by atoms with E-state index in [2.05, 4.69) is 57.3 Å². The molecule has 0 unspecified atom stereocenters. The van der Waals surface area contributed by atoms with Crippen LogP contribution in [0.4, 0.5) is 5.82 Å². The number of ether oxygens (including phenoxy) is 1. The van der Waals surface area contributed by atoms with Crippen LogP contribution in [-0.2, 0) is 16.1 Å². The molecule has 0 aliphatic carbocycles. The van der Waals surface area contributed by atoms with E-state index in [1.165, 1.54) is 10.4 Å². The van der Waals surface area contributed by atoms with Gasteiger partial charge in [-0.25, -0.2) is 9.97 Å². The van der Waals surface area contributed by atoms with Crippen LogP contribution in [0.1, 0.15) is 29.9 Å². The molecule has 2 aromatic heterocycles. The number of hydrogen-bond donors (Lipinski definition) is 1. The van der Waals surface area contributed by atoms with Crippen molar-refractivity contribution in [2.45, 2.75) is 32.9 Å². The van der Waals surface area contributed by atoms with E-state index in [4.69, 9.17) is 14.7 Å². The van der Waals surface area contributed by atoms with Gasteiger partial charge in [-0.05, 0) is 50.7 Å². The number of hydrogen-bond acceptors (Lipinski definition) is 9. The summed E-state index contributed by atoms with van der Waals surface area (Å²) in [6.07, 6.45) is 5.07. The third-order valence-electron chi connectivity index (χ3n) is 7.45. The summed E-state index contributed by atoms with van der Waals surface area (Å²) >= 11 is 1.80. The summed E-state index contributed by atoms with van der Waals surface area (Å²) in [5, 5.41) is 3.09. The first-order valence-electron chi connectivity index (χ1n) is 13.4. The number of carbonyl (C=O) groups is 1. The molecule has 8 nitrogen and oxygen atoms in total. The number of nitrogens with one attached hydrogen (secondary N) is 1. The van der Waals surface area contributed by atoms with Crippen molar-refractivity contribution in [3.8, 4) is 11.4 Å². The molecule has 0 amide bonds. The molecule has 0 spiro atoms. The van der Waals surface area contributed by atoms with Gasteiger partial charge in [-0.15, -0.1) is 11.3 Å². The molecule has 9 heteroatoms. The Balaban J connectivity index is 1.48. The van der Waals surface area contributed by atoms with E-state index in [9.17, 15) is 4.79 Å². The summed E-state index contributed by atoms with van der Waals surface area (Å²) in [7, 11) is 1.90. The number of carbonyl (C=O) groups excluding carboxylic acids is 1. The lowest BCUT2D eigenvalue weighted by molar-refractivity contribution is -0.118. The average Bonchev–Trinajstić information content (AvgIpc) is 3.35. The van der Waals surface area contributed by atoms with E-state index < -0.39 is 5.54 Å². The SMILES string of the molecule is CN/C=C\c1ccc(C)cc1-c1nc(N2CCOCC2)c2sc(CN3CCN(C(C)(C)C=O)CC3)cc2n1. The van der Waals surface area contributed by atoms with Crippen molar-refractivity contribution in [3.63, 3.8) is 0 Å². The van der Waals surface area contributed by atoms with Gasteiger partial charge in [0, 0.05) is 63.3 Å². The van der Waals surface area contributed by atoms with Gasteiger partial charge in [-0.1, -0.05) is 17.7 Å². The van der Waals surface area contributed by atoms with Crippen LogP contribution in [0.5, 0.6) is 0 Å². The number of fused-ring (bicyclic) bond motifs is 1. The van der Waals surface area contributed by atoms with E-state index in [-0.39, 0.29) is 0 Å². The van der Waals surface area contributed by atoms with Crippen molar-refractivity contribution in [3.05, 3.63) is 46.5 Å². The molecule has 2 aliphatic rings. The molecule has 2 fully saturated rings. The maximum absolute atomic E-state index is 11.5. The molecule has 1 aromatic carbocycles. The molecule has 2 saturated heterocycles. The Kier molecular flexibility index (Phi) is 8.09. The molecule has 0 saturated carbocycles. The van der Waals surface area contributed by atoms with E-state index in [0.717, 1.165) is 85.1 Å². The van der Waals surface area contributed by atoms with Crippen molar-refractivity contribution in [1.29, 1.82) is 0 Å². The Labute approximate surface area is 229 Å². The summed E-state index contributed by atoms with van der Waals surface area (Å²) < 4.78 is 6.79. The molecule has 0 atom stereocenters. The minimum atomic E-state index is -0.403. The molecule has 0 bridgehead atoms. The largest absolute Gasteiger partial charge is 0.394 e. The zero-order valence-corrected chi connectivity index (χ0v) is 23.7. The number of aldehydes is 1. The topological polar surface area (TPSA) is 73.8 Å². The summed E-state index contributed by atoms with van der Waals surface area (Å²) in [5.74, 6) is 1.76. The third-order valence-corrected chi connectivity index (χ3v) is 8.55. The van der Waals surface area contributed by atoms with E-state index in [0.29, 0.717) is 13.2 Å². The molecule has 38 heavy (non-hydrogen) atoms. The number of thiophene rings is 1. The van der Waals surface area contributed by atoms with Crippen molar-refractivity contribution in [1.82, 2.24) is 25.1 Å². The zero-order valence-electron chi connectivity index (χ0n) is 22.9. The van der Waals surface area contributed by atoms with Crippen LogP contribution < -0.4 is 10.2 Å². The number of benzene rings is 1. The normalized spacial score (nSPS) is 17.9. The average molecular weight is 535 g/mol. The van der Waals surface area contributed by atoms with Gasteiger partial charge >= 0.3 is 0 Å². The first-order chi connectivity index (χ1) is 18.4. The summed E-state index contributed by atoms with van der Waals surface area (Å²) in [4.78, 5) is 30.2. The van der Waals surface area contributed by atoms with Gasteiger partial charge in [0.15, 0.2) is 11.6 Å². The molecule has 2 aliphatic heterocycles. The molecule has 0 radical (unpaired) electrons. The lowest BCUT2D eigenvalue weighted by atomic mass is 10.0. The van der Waals surface area contributed by atoms with Crippen LogP contribution >= 0.6 is 11.3 Å². The molecular formula is C29H38N6O2S. The highest BCUT2D eigenvalue weighted by Gasteiger charge is 2.30. The summed E-state index contributed by atoms with van der Waals surface area (Å²) in [6, 6.07) is 8.67. The van der Waals surface area contributed by atoms with Gasteiger partial charge in [0.1, 0.15) is 6.29 Å². The van der Waals surface area contributed by atoms with Gasteiger partial charge in [-0.2, -0.15) is 0 Å². The first kappa shape index (κ1) is 26.7. The fourth-order valence-electron chi connectivity index (χ4n) is 5.11. The van der Waals surface area contributed by atoms with Crippen molar-refractivity contribution in [2.24, 2.45) is 0 Å². The number of anilines is 1. The number of aryl methyl sites for hydroxylation is 1. The van der Waals surface area contributed by atoms with Crippen LogP contribution in [0.15, 0.2) is 30.5 Å². The Morgan fingerprint density at radius 2 is 1.84 bits per heavy atom. The Morgan fingerprint density at radius 1 is 1.08 bits per heavy atom. The van der Waals surface area contributed by atoms with Crippen molar-refractivity contribution < 1.29 is 9.53 Å². The predicted octanol–water partition coefficient (Wildman–Crippen LogP) is 3.79. The molecular weight excluding hydrogens is 496 g/mol. The highest BCUT2D eigenvalue weighted by molar-refractivity contribution is 7.19. The fraction of sp³-hybridized carbons (Fsp3) is 0.483. The molecule has 3 aromatic rings. The highest BCUT2D eigenvalue weighted by Crippen LogP contribution is 2.36. The van der Waals surface area contributed by atoms with Crippen LogP contribution in [-0.4, -0.2) is 91.1 Å². The van der Waals surface area contributed by atoms with Crippen molar-refractivity contribution >= 4 is 39.7 Å². The van der Waals surface area contributed by atoms with Crippen LogP contribution in [0.25, 0.3) is 27.7 Å². The maximum Gasteiger partial charge on any atom is 0.162 e. The van der Waals surface area contributed by atoms with Gasteiger partial charge in [-0.3, -0.25) is 9.80 Å². The Morgan fingerprint density at radius 3 is 2.55 bits per heavy atom.